The van der Waals surface area contributed by atoms with Crippen LogP contribution >= 0.6 is 23.1 Å². The summed E-state index contributed by atoms with van der Waals surface area (Å²) in [5.74, 6) is 1.85. The molecule has 0 bridgehead atoms. The van der Waals surface area contributed by atoms with Crippen LogP contribution in [-0.2, 0) is 11.3 Å². The summed E-state index contributed by atoms with van der Waals surface area (Å²) in [6, 6.07) is 14.2. The van der Waals surface area contributed by atoms with Crippen molar-refractivity contribution in [1.29, 1.82) is 0 Å². The van der Waals surface area contributed by atoms with E-state index in [0.717, 1.165) is 39.3 Å². The van der Waals surface area contributed by atoms with Gasteiger partial charge in [-0.1, -0.05) is 37.1 Å². The van der Waals surface area contributed by atoms with Crippen LogP contribution in [0.1, 0.15) is 56.3 Å². The standard InChI is InChI=1S/C26H29N5OS2/c1-3-31-24(18-7-5-4-6-8-18)29-30-26(31)33-16-23(32)27-20-12-10-19(11-13-20)25-28-21-14-9-17(2)15-22(21)34-25/h9-15,18H,3-8,16H2,1-2H3,(H,27,32). The van der Waals surface area contributed by atoms with E-state index in [2.05, 4.69) is 52.1 Å². The summed E-state index contributed by atoms with van der Waals surface area (Å²) in [5.41, 5.74) is 4.09. The number of hydrogen-bond acceptors (Lipinski definition) is 6. The maximum Gasteiger partial charge on any atom is 0.234 e. The molecule has 0 radical (unpaired) electrons. The highest BCUT2D eigenvalue weighted by Gasteiger charge is 2.23. The van der Waals surface area contributed by atoms with Crippen LogP contribution in [-0.4, -0.2) is 31.4 Å². The maximum absolute atomic E-state index is 12.6. The minimum Gasteiger partial charge on any atom is -0.325 e. The van der Waals surface area contributed by atoms with Gasteiger partial charge >= 0.3 is 0 Å². The van der Waals surface area contributed by atoms with E-state index < -0.39 is 0 Å². The Morgan fingerprint density at radius 3 is 2.68 bits per heavy atom. The molecule has 1 saturated carbocycles. The monoisotopic (exact) mass is 491 g/mol. The highest BCUT2D eigenvalue weighted by atomic mass is 32.2. The number of thiazole rings is 1. The lowest BCUT2D eigenvalue weighted by atomic mass is 9.89. The van der Waals surface area contributed by atoms with Gasteiger partial charge in [-0.15, -0.1) is 21.5 Å². The molecule has 1 fully saturated rings. The van der Waals surface area contributed by atoms with E-state index in [1.54, 1.807) is 11.3 Å². The Labute approximate surface area is 208 Å². The second-order valence-corrected chi connectivity index (χ2v) is 10.8. The normalized spacial score (nSPS) is 14.5. The fourth-order valence-corrected chi connectivity index (χ4v) is 6.42. The summed E-state index contributed by atoms with van der Waals surface area (Å²) < 4.78 is 3.37. The third kappa shape index (κ3) is 5.03. The topological polar surface area (TPSA) is 72.7 Å². The lowest BCUT2D eigenvalue weighted by Gasteiger charge is -2.21. The molecule has 4 aromatic rings. The maximum atomic E-state index is 12.6. The van der Waals surface area contributed by atoms with Gasteiger partial charge < -0.3 is 9.88 Å². The molecule has 1 aliphatic carbocycles. The van der Waals surface area contributed by atoms with E-state index in [1.807, 2.05) is 24.3 Å². The van der Waals surface area contributed by atoms with Crippen molar-refractivity contribution in [3.05, 3.63) is 53.9 Å². The van der Waals surface area contributed by atoms with Crippen molar-refractivity contribution >= 4 is 44.9 Å². The van der Waals surface area contributed by atoms with E-state index >= 15 is 0 Å². The Balaban J connectivity index is 1.20. The van der Waals surface area contributed by atoms with Crippen LogP contribution in [0.4, 0.5) is 5.69 Å². The average Bonchev–Trinajstić information content (AvgIpc) is 3.47. The number of rotatable bonds is 7. The lowest BCUT2D eigenvalue weighted by molar-refractivity contribution is -0.113. The number of anilines is 1. The number of hydrogen-bond donors (Lipinski definition) is 1. The highest BCUT2D eigenvalue weighted by Crippen LogP contribution is 2.34. The smallest absolute Gasteiger partial charge is 0.234 e. The molecule has 1 amide bonds. The predicted octanol–water partition coefficient (Wildman–Crippen LogP) is 6.66. The van der Waals surface area contributed by atoms with Gasteiger partial charge in [-0.3, -0.25) is 4.79 Å². The summed E-state index contributed by atoms with van der Waals surface area (Å²) in [6.07, 6.45) is 6.23. The molecule has 0 aliphatic heterocycles. The number of thioether (sulfide) groups is 1. The van der Waals surface area contributed by atoms with Crippen LogP contribution in [0.25, 0.3) is 20.8 Å². The molecule has 1 aliphatic rings. The zero-order valence-electron chi connectivity index (χ0n) is 19.6. The van der Waals surface area contributed by atoms with Gasteiger partial charge in [-0.25, -0.2) is 4.98 Å². The predicted molar refractivity (Wildman–Crippen MR) is 141 cm³/mol. The summed E-state index contributed by atoms with van der Waals surface area (Å²) in [7, 11) is 0. The second kappa shape index (κ2) is 10.3. The molecule has 8 heteroatoms. The number of carbonyl (C=O) groups is 1. The van der Waals surface area contributed by atoms with Crippen molar-refractivity contribution < 1.29 is 4.79 Å². The summed E-state index contributed by atoms with van der Waals surface area (Å²) >= 11 is 3.14. The SMILES string of the molecule is CCn1c(SCC(=O)Nc2ccc(-c3nc4ccc(C)cc4s3)cc2)nnc1C1CCCCC1. The van der Waals surface area contributed by atoms with Crippen LogP contribution < -0.4 is 5.32 Å². The first-order valence-electron chi connectivity index (χ1n) is 11.9. The second-order valence-electron chi connectivity index (χ2n) is 8.82. The number of carbonyl (C=O) groups excluding carboxylic acids is 1. The molecule has 6 nitrogen and oxygen atoms in total. The van der Waals surface area contributed by atoms with E-state index in [-0.39, 0.29) is 5.91 Å². The van der Waals surface area contributed by atoms with Crippen molar-refractivity contribution in [2.24, 2.45) is 0 Å². The van der Waals surface area contributed by atoms with E-state index in [1.165, 1.54) is 54.1 Å². The molecule has 0 unspecified atom stereocenters. The number of fused-ring (bicyclic) bond motifs is 1. The Hall–Kier alpha value is -2.71. The lowest BCUT2D eigenvalue weighted by Crippen LogP contribution is -2.15. The van der Waals surface area contributed by atoms with Gasteiger partial charge in [0, 0.05) is 23.7 Å². The van der Waals surface area contributed by atoms with Crippen molar-refractivity contribution in [2.75, 3.05) is 11.1 Å². The van der Waals surface area contributed by atoms with Crippen LogP contribution in [0, 0.1) is 6.92 Å². The molecular weight excluding hydrogens is 462 g/mol. The summed E-state index contributed by atoms with van der Waals surface area (Å²) in [5, 5.41) is 13.7. The molecule has 2 aromatic carbocycles. The number of nitrogens with one attached hydrogen (secondary N) is 1. The minimum atomic E-state index is -0.0434. The third-order valence-corrected chi connectivity index (χ3v) is 8.36. The first-order valence-corrected chi connectivity index (χ1v) is 13.7. The summed E-state index contributed by atoms with van der Waals surface area (Å²) in [4.78, 5) is 17.3. The first kappa shape index (κ1) is 23.1. The molecular formula is C26H29N5OS2. The van der Waals surface area contributed by atoms with Gasteiger partial charge in [-0.2, -0.15) is 0 Å². The summed E-state index contributed by atoms with van der Waals surface area (Å²) in [6.45, 7) is 5.04. The van der Waals surface area contributed by atoms with Crippen molar-refractivity contribution in [3.63, 3.8) is 0 Å². The first-order chi connectivity index (χ1) is 16.6. The molecule has 5 rings (SSSR count). The number of aryl methyl sites for hydroxylation is 1. The van der Waals surface area contributed by atoms with Crippen molar-refractivity contribution in [3.8, 4) is 10.6 Å². The van der Waals surface area contributed by atoms with Crippen molar-refractivity contribution in [1.82, 2.24) is 19.7 Å². The van der Waals surface area contributed by atoms with Gasteiger partial charge in [0.25, 0.3) is 0 Å². The highest BCUT2D eigenvalue weighted by molar-refractivity contribution is 7.99. The average molecular weight is 492 g/mol. The van der Waals surface area contributed by atoms with E-state index in [9.17, 15) is 4.79 Å². The molecule has 2 aromatic heterocycles. The van der Waals surface area contributed by atoms with Gasteiger partial charge in [0.15, 0.2) is 5.16 Å². The van der Waals surface area contributed by atoms with Crippen LogP contribution in [0.2, 0.25) is 0 Å². The number of benzene rings is 2. The zero-order chi connectivity index (χ0) is 23.5. The Morgan fingerprint density at radius 2 is 1.91 bits per heavy atom. The van der Waals surface area contributed by atoms with Gasteiger partial charge in [0.05, 0.1) is 16.0 Å². The van der Waals surface area contributed by atoms with Crippen LogP contribution in [0.5, 0.6) is 0 Å². The molecule has 1 N–H and O–H groups in total. The molecule has 34 heavy (non-hydrogen) atoms. The molecule has 0 spiro atoms. The fourth-order valence-electron chi connectivity index (χ4n) is 4.55. The van der Waals surface area contributed by atoms with Gasteiger partial charge in [0.1, 0.15) is 10.8 Å². The molecule has 176 valence electrons. The Morgan fingerprint density at radius 1 is 1.12 bits per heavy atom. The molecule has 0 atom stereocenters. The van der Waals surface area contributed by atoms with Crippen molar-refractivity contribution in [2.45, 2.75) is 63.6 Å². The Kier molecular flexibility index (Phi) is 6.97. The zero-order valence-corrected chi connectivity index (χ0v) is 21.2. The molecule has 2 heterocycles. The van der Waals surface area contributed by atoms with E-state index in [4.69, 9.17) is 4.98 Å². The van der Waals surface area contributed by atoms with Crippen LogP contribution in [0.3, 0.4) is 0 Å². The fraction of sp³-hybridized carbons (Fsp3) is 0.385. The minimum absolute atomic E-state index is 0.0434. The largest absolute Gasteiger partial charge is 0.325 e. The number of amides is 1. The third-order valence-electron chi connectivity index (χ3n) is 6.32. The van der Waals surface area contributed by atoms with Gasteiger partial charge in [0.2, 0.25) is 5.91 Å². The van der Waals surface area contributed by atoms with E-state index in [0.29, 0.717) is 11.7 Å². The Bertz CT molecular complexity index is 1290. The molecule has 0 saturated heterocycles. The number of nitrogens with zero attached hydrogens (tertiary/aromatic N) is 4. The van der Waals surface area contributed by atoms with Crippen LogP contribution in [0.15, 0.2) is 47.6 Å². The number of aromatic nitrogens is 4. The van der Waals surface area contributed by atoms with Gasteiger partial charge in [-0.05, 0) is 68.7 Å². The quantitative estimate of drug-likeness (QED) is 0.293.